The minimum atomic E-state index is -0.355. The molecule has 2 N–H and O–H groups in total. The van der Waals surface area contributed by atoms with Gasteiger partial charge < -0.3 is 15.0 Å². The molecule has 0 fully saturated rings. The van der Waals surface area contributed by atoms with Gasteiger partial charge in [-0.05, 0) is 30.7 Å². The van der Waals surface area contributed by atoms with Gasteiger partial charge in [0.15, 0.2) is 5.13 Å². The first-order chi connectivity index (χ1) is 12.0. The highest BCUT2D eigenvalue weighted by molar-refractivity contribution is 7.13. The van der Waals surface area contributed by atoms with Crippen LogP contribution in [0.25, 0.3) is 10.9 Å². The van der Waals surface area contributed by atoms with Gasteiger partial charge >= 0.3 is 5.97 Å². The molecule has 1 aromatic carbocycles. The van der Waals surface area contributed by atoms with Crippen molar-refractivity contribution in [2.45, 2.75) is 19.8 Å². The number of aromatic amines is 1. The summed E-state index contributed by atoms with van der Waals surface area (Å²) in [5, 5.41) is 5.49. The van der Waals surface area contributed by atoms with Crippen LogP contribution in [-0.2, 0) is 27.2 Å². The smallest absolute Gasteiger partial charge is 0.311 e. The molecule has 0 saturated carbocycles. The monoisotopic (exact) mass is 361 g/mol. The Bertz CT molecular complexity index is 919. The maximum atomic E-state index is 13.4. The predicted octanol–water partition coefficient (Wildman–Crippen LogP) is 3.05. The van der Waals surface area contributed by atoms with Crippen LogP contribution in [0.15, 0.2) is 29.8 Å². The van der Waals surface area contributed by atoms with Crippen molar-refractivity contribution >= 4 is 39.2 Å². The zero-order chi connectivity index (χ0) is 17.8. The van der Waals surface area contributed by atoms with E-state index in [2.05, 4.69) is 15.3 Å². The van der Waals surface area contributed by atoms with Crippen LogP contribution in [0.4, 0.5) is 9.52 Å². The Morgan fingerprint density at radius 3 is 3.00 bits per heavy atom. The number of esters is 1. The van der Waals surface area contributed by atoms with Crippen LogP contribution in [0, 0.1) is 5.82 Å². The van der Waals surface area contributed by atoms with Crippen LogP contribution >= 0.6 is 11.3 Å². The van der Waals surface area contributed by atoms with Crippen molar-refractivity contribution in [1.82, 2.24) is 9.97 Å². The highest BCUT2D eigenvalue weighted by atomic mass is 32.1. The Morgan fingerprint density at radius 1 is 1.36 bits per heavy atom. The molecule has 2 aromatic heterocycles. The second-order valence-electron chi connectivity index (χ2n) is 5.35. The number of thiazole rings is 1. The van der Waals surface area contributed by atoms with Gasteiger partial charge in [0.2, 0.25) is 5.91 Å². The Balaban J connectivity index is 1.63. The van der Waals surface area contributed by atoms with E-state index in [9.17, 15) is 14.0 Å². The number of anilines is 1. The fourth-order valence-corrected chi connectivity index (χ4v) is 3.17. The molecule has 0 aliphatic carbocycles. The minimum Gasteiger partial charge on any atom is -0.466 e. The van der Waals surface area contributed by atoms with Crippen molar-refractivity contribution in [2.75, 3.05) is 11.9 Å². The first-order valence-electron chi connectivity index (χ1n) is 7.70. The van der Waals surface area contributed by atoms with E-state index in [-0.39, 0.29) is 30.5 Å². The third-order valence-electron chi connectivity index (χ3n) is 3.51. The van der Waals surface area contributed by atoms with Crippen molar-refractivity contribution < 1.29 is 18.7 Å². The van der Waals surface area contributed by atoms with Gasteiger partial charge in [0.05, 0.1) is 25.1 Å². The van der Waals surface area contributed by atoms with Gasteiger partial charge in [0.25, 0.3) is 0 Å². The van der Waals surface area contributed by atoms with Gasteiger partial charge in [0.1, 0.15) is 5.82 Å². The van der Waals surface area contributed by atoms with Gasteiger partial charge in [-0.1, -0.05) is 0 Å². The summed E-state index contributed by atoms with van der Waals surface area (Å²) in [5.74, 6) is -0.967. The second kappa shape index (κ2) is 7.43. The van der Waals surface area contributed by atoms with Crippen molar-refractivity contribution in [3.8, 4) is 0 Å². The molecule has 6 nitrogen and oxygen atoms in total. The van der Waals surface area contributed by atoms with E-state index in [0.29, 0.717) is 28.4 Å². The van der Waals surface area contributed by atoms with E-state index >= 15 is 0 Å². The molecule has 0 bridgehead atoms. The molecular formula is C17H16FN3O3S. The van der Waals surface area contributed by atoms with E-state index < -0.39 is 0 Å². The minimum absolute atomic E-state index is 0.0714. The average Bonchev–Trinajstić information content (AvgIpc) is 3.15. The second-order valence-corrected chi connectivity index (χ2v) is 6.21. The first-order valence-corrected chi connectivity index (χ1v) is 8.58. The SMILES string of the molecule is CCOC(=O)Cc1csc(NC(=O)Cc2c[nH]c3ccc(F)cc23)n1. The lowest BCUT2D eigenvalue weighted by Crippen LogP contribution is -2.14. The topological polar surface area (TPSA) is 84.1 Å². The number of carbonyl (C=O) groups is 2. The summed E-state index contributed by atoms with van der Waals surface area (Å²) < 4.78 is 18.2. The third-order valence-corrected chi connectivity index (χ3v) is 4.32. The molecule has 0 unspecified atom stereocenters. The van der Waals surface area contributed by atoms with Crippen molar-refractivity contribution in [3.05, 3.63) is 46.9 Å². The summed E-state index contributed by atoms with van der Waals surface area (Å²) in [6.45, 7) is 2.05. The Morgan fingerprint density at radius 2 is 2.20 bits per heavy atom. The van der Waals surface area contributed by atoms with Gasteiger partial charge in [0, 0.05) is 22.5 Å². The number of carbonyl (C=O) groups excluding carboxylic acids is 2. The Labute approximate surface area is 147 Å². The van der Waals surface area contributed by atoms with Gasteiger partial charge in [-0.2, -0.15) is 0 Å². The van der Waals surface area contributed by atoms with Gasteiger partial charge in [-0.15, -0.1) is 11.3 Å². The average molecular weight is 361 g/mol. The molecule has 0 aliphatic heterocycles. The zero-order valence-electron chi connectivity index (χ0n) is 13.5. The molecule has 25 heavy (non-hydrogen) atoms. The fourth-order valence-electron chi connectivity index (χ4n) is 2.44. The number of rotatable bonds is 6. The van der Waals surface area contributed by atoms with Crippen LogP contribution in [0.5, 0.6) is 0 Å². The zero-order valence-corrected chi connectivity index (χ0v) is 14.3. The van der Waals surface area contributed by atoms with E-state index in [0.717, 1.165) is 5.52 Å². The molecule has 0 atom stereocenters. The lowest BCUT2D eigenvalue weighted by atomic mass is 10.1. The predicted molar refractivity (Wildman–Crippen MR) is 93.0 cm³/mol. The Kier molecular flexibility index (Phi) is 5.08. The number of ether oxygens (including phenoxy) is 1. The van der Waals surface area contributed by atoms with E-state index in [1.807, 2.05) is 0 Å². The number of hydrogen-bond acceptors (Lipinski definition) is 5. The first kappa shape index (κ1) is 17.1. The van der Waals surface area contributed by atoms with Crippen molar-refractivity contribution in [2.24, 2.45) is 0 Å². The molecule has 0 aliphatic rings. The normalized spacial score (nSPS) is 10.8. The van der Waals surface area contributed by atoms with Crippen molar-refractivity contribution in [1.29, 1.82) is 0 Å². The number of hydrogen-bond donors (Lipinski definition) is 2. The maximum Gasteiger partial charge on any atom is 0.311 e. The summed E-state index contributed by atoms with van der Waals surface area (Å²) in [7, 11) is 0. The van der Waals surface area contributed by atoms with Crippen molar-refractivity contribution in [3.63, 3.8) is 0 Å². The molecule has 2 heterocycles. The third kappa shape index (κ3) is 4.21. The summed E-state index contributed by atoms with van der Waals surface area (Å²) in [4.78, 5) is 30.8. The number of amides is 1. The van der Waals surface area contributed by atoms with Crippen LogP contribution in [-0.4, -0.2) is 28.5 Å². The number of benzene rings is 1. The summed E-state index contributed by atoms with van der Waals surface area (Å²) in [5.41, 5.74) is 2.03. The van der Waals surface area contributed by atoms with E-state index in [1.54, 1.807) is 24.6 Å². The molecule has 0 saturated heterocycles. The molecular weight excluding hydrogens is 345 g/mol. The molecule has 3 rings (SSSR count). The van der Waals surface area contributed by atoms with Crippen LogP contribution in [0.1, 0.15) is 18.2 Å². The fraction of sp³-hybridized carbons (Fsp3) is 0.235. The van der Waals surface area contributed by atoms with Crippen LogP contribution in [0.2, 0.25) is 0 Å². The largest absolute Gasteiger partial charge is 0.466 e. The van der Waals surface area contributed by atoms with Gasteiger partial charge in [-0.3, -0.25) is 9.59 Å². The molecule has 0 spiro atoms. The lowest BCUT2D eigenvalue weighted by Gasteiger charge is -2.01. The molecule has 130 valence electrons. The highest BCUT2D eigenvalue weighted by Crippen LogP contribution is 2.21. The lowest BCUT2D eigenvalue weighted by molar-refractivity contribution is -0.142. The molecule has 1 amide bonds. The number of fused-ring (bicyclic) bond motifs is 1. The number of halogens is 1. The highest BCUT2D eigenvalue weighted by Gasteiger charge is 2.13. The maximum absolute atomic E-state index is 13.4. The standard InChI is InChI=1S/C17H16FN3O3S/c1-2-24-16(23)7-12-9-25-17(20-12)21-15(22)5-10-8-19-14-4-3-11(18)6-13(10)14/h3-4,6,8-9,19H,2,5,7H2,1H3,(H,20,21,22). The van der Waals surface area contributed by atoms with Gasteiger partial charge in [-0.25, -0.2) is 9.37 Å². The van der Waals surface area contributed by atoms with E-state index in [1.165, 1.54) is 23.5 Å². The van der Waals surface area contributed by atoms with Crippen LogP contribution < -0.4 is 5.32 Å². The molecule has 3 aromatic rings. The molecule has 8 heteroatoms. The summed E-state index contributed by atoms with van der Waals surface area (Å²) >= 11 is 1.24. The number of H-pyrrole nitrogens is 1. The van der Waals surface area contributed by atoms with E-state index in [4.69, 9.17) is 4.74 Å². The quantitative estimate of drug-likeness (QED) is 0.661. The van der Waals surface area contributed by atoms with Crippen LogP contribution in [0.3, 0.4) is 0 Å². The summed E-state index contributed by atoms with van der Waals surface area (Å²) in [6, 6.07) is 4.40. The number of nitrogens with one attached hydrogen (secondary N) is 2. The Hall–Kier alpha value is -2.74. The number of nitrogens with zero attached hydrogens (tertiary/aromatic N) is 1. The molecule has 0 radical (unpaired) electrons. The summed E-state index contributed by atoms with van der Waals surface area (Å²) in [6.07, 6.45) is 1.86. The number of aromatic nitrogens is 2.